The van der Waals surface area contributed by atoms with Crippen molar-refractivity contribution in [2.24, 2.45) is 0 Å². The molecule has 124 valence electrons. The van der Waals surface area contributed by atoms with Crippen molar-refractivity contribution in [1.29, 1.82) is 0 Å². The van der Waals surface area contributed by atoms with Gasteiger partial charge in [-0.3, -0.25) is 9.78 Å². The highest BCUT2D eigenvalue weighted by molar-refractivity contribution is 5.81. The van der Waals surface area contributed by atoms with Gasteiger partial charge in [-0.25, -0.2) is 9.78 Å². The van der Waals surface area contributed by atoms with Crippen LogP contribution in [0.1, 0.15) is 12.8 Å². The minimum absolute atomic E-state index is 0.0251. The molecule has 2 fully saturated rings. The number of nitrogens with zero attached hydrogens (tertiary/aromatic N) is 5. The molecule has 2 aliphatic heterocycles. The smallest absolute Gasteiger partial charge is 0.317 e. The monoisotopic (exact) mass is 318 g/mol. The van der Waals surface area contributed by atoms with E-state index in [4.69, 9.17) is 0 Å². The number of amides is 3. The van der Waals surface area contributed by atoms with E-state index in [0.717, 1.165) is 25.9 Å². The van der Waals surface area contributed by atoms with E-state index in [1.807, 2.05) is 16.8 Å². The van der Waals surface area contributed by atoms with Crippen LogP contribution in [-0.4, -0.2) is 77.5 Å². The Morgan fingerprint density at radius 3 is 2.74 bits per heavy atom. The maximum atomic E-state index is 12.4. The molecule has 8 heteroatoms. The number of carbonyl (C=O) groups excluding carboxylic acids is 2. The maximum Gasteiger partial charge on any atom is 0.317 e. The van der Waals surface area contributed by atoms with Crippen LogP contribution in [0.2, 0.25) is 0 Å². The van der Waals surface area contributed by atoms with Gasteiger partial charge in [0.1, 0.15) is 5.82 Å². The van der Waals surface area contributed by atoms with Crippen LogP contribution in [0, 0.1) is 0 Å². The van der Waals surface area contributed by atoms with Gasteiger partial charge in [0.05, 0.1) is 12.7 Å². The predicted octanol–water partition coefficient (Wildman–Crippen LogP) is -0.0710. The summed E-state index contributed by atoms with van der Waals surface area (Å²) in [6.07, 6.45) is 6.55. The number of piperidine rings is 1. The number of hydrogen-bond acceptors (Lipinski definition) is 5. The number of aromatic nitrogens is 2. The van der Waals surface area contributed by atoms with E-state index in [1.54, 1.807) is 23.5 Å². The summed E-state index contributed by atoms with van der Waals surface area (Å²) in [5, 5.41) is 2.83. The first kappa shape index (κ1) is 15.5. The molecule has 3 rings (SSSR count). The van der Waals surface area contributed by atoms with Gasteiger partial charge < -0.3 is 20.0 Å². The van der Waals surface area contributed by atoms with Gasteiger partial charge in [-0.2, -0.15) is 0 Å². The minimum atomic E-state index is 0.0251. The molecule has 0 radical (unpaired) electrons. The zero-order chi connectivity index (χ0) is 16.2. The average molecular weight is 318 g/mol. The molecular formula is C15H22N6O2. The zero-order valence-corrected chi connectivity index (χ0v) is 13.3. The van der Waals surface area contributed by atoms with Gasteiger partial charge in [-0.1, -0.05) is 0 Å². The second-order valence-electron chi connectivity index (χ2n) is 5.96. The van der Waals surface area contributed by atoms with Crippen molar-refractivity contribution < 1.29 is 9.59 Å². The van der Waals surface area contributed by atoms with Crippen LogP contribution in [0.5, 0.6) is 0 Å². The summed E-state index contributed by atoms with van der Waals surface area (Å²) in [4.78, 5) is 37.9. The topological polar surface area (TPSA) is 81.7 Å². The number of nitrogens with one attached hydrogen (secondary N) is 1. The van der Waals surface area contributed by atoms with E-state index in [1.165, 1.54) is 0 Å². The number of carbonyl (C=O) groups is 2. The van der Waals surface area contributed by atoms with Crippen molar-refractivity contribution >= 4 is 17.8 Å². The molecule has 0 saturated carbocycles. The summed E-state index contributed by atoms with van der Waals surface area (Å²) < 4.78 is 0. The predicted molar refractivity (Wildman–Crippen MR) is 85.0 cm³/mol. The van der Waals surface area contributed by atoms with Crippen molar-refractivity contribution in [2.45, 2.75) is 18.9 Å². The summed E-state index contributed by atoms with van der Waals surface area (Å²) in [5.41, 5.74) is 0. The first-order valence-corrected chi connectivity index (χ1v) is 7.94. The summed E-state index contributed by atoms with van der Waals surface area (Å²) in [5.74, 6) is 0.770. The highest BCUT2D eigenvalue weighted by Crippen LogP contribution is 2.18. The minimum Gasteiger partial charge on any atom is -0.349 e. The lowest BCUT2D eigenvalue weighted by atomic mass is 10.0. The summed E-state index contributed by atoms with van der Waals surface area (Å²) in [6, 6.07) is 0.274. The summed E-state index contributed by atoms with van der Waals surface area (Å²) in [7, 11) is 1.84. The second kappa shape index (κ2) is 6.80. The van der Waals surface area contributed by atoms with Crippen molar-refractivity contribution in [3.63, 3.8) is 0 Å². The fraction of sp³-hybridized carbons (Fsp3) is 0.600. The first-order chi connectivity index (χ1) is 11.1. The molecule has 3 amide bonds. The average Bonchev–Trinajstić information content (AvgIpc) is 3.02. The van der Waals surface area contributed by atoms with Crippen LogP contribution in [0.3, 0.4) is 0 Å². The van der Waals surface area contributed by atoms with E-state index in [2.05, 4.69) is 15.3 Å². The van der Waals surface area contributed by atoms with Gasteiger partial charge >= 0.3 is 6.03 Å². The lowest BCUT2D eigenvalue weighted by Gasteiger charge is -2.36. The molecule has 3 heterocycles. The summed E-state index contributed by atoms with van der Waals surface area (Å²) in [6.45, 7) is 3.17. The van der Waals surface area contributed by atoms with Gasteiger partial charge in [0, 0.05) is 51.7 Å². The van der Waals surface area contributed by atoms with Crippen LogP contribution >= 0.6 is 0 Å². The lowest BCUT2D eigenvalue weighted by Crippen LogP contribution is -2.49. The standard InChI is InChI=1S/C15H22N6O2/c1-19(13-10-16-4-5-17-13)11-14(22)20-7-2-12(3-8-20)21-9-6-18-15(21)23/h4-5,10,12H,2-3,6-9,11H2,1H3,(H,18,23). The molecule has 2 aliphatic rings. The Morgan fingerprint density at radius 2 is 2.13 bits per heavy atom. The van der Waals surface area contributed by atoms with Gasteiger partial charge in [0.25, 0.3) is 0 Å². The largest absolute Gasteiger partial charge is 0.349 e. The number of anilines is 1. The third-order valence-electron chi connectivity index (χ3n) is 4.46. The van der Waals surface area contributed by atoms with Crippen molar-refractivity contribution in [1.82, 2.24) is 25.1 Å². The molecule has 0 spiro atoms. The first-order valence-electron chi connectivity index (χ1n) is 7.94. The molecular weight excluding hydrogens is 296 g/mol. The molecule has 23 heavy (non-hydrogen) atoms. The van der Waals surface area contributed by atoms with Crippen molar-refractivity contribution in [2.75, 3.05) is 44.7 Å². The zero-order valence-electron chi connectivity index (χ0n) is 13.3. The van der Waals surface area contributed by atoms with Crippen LogP contribution in [0.25, 0.3) is 0 Å². The second-order valence-corrected chi connectivity index (χ2v) is 5.96. The van der Waals surface area contributed by atoms with E-state index < -0.39 is 0 Å². The van der Waals surface area contributed by atoms with Crippen LogP contribution in [0.15, 0.2) is 18.6 Å². The van der Waals surface area contributed by atoms with E-state index >= 15 is 0 Å². The number of likely N-dealkylation sites (N-methyl/N-ethyl adjacent to an activating group) is 1. The Kier molecular flexibility index (Phi) is 4.59. The third kappa shape index (κ3) is 3.52. The fourth-order valence-electron chi connectivity index (χ4n) is 3.13. The molecule has 0 unspecified atom stereocenters. The van der Waals surface area contributed by atoms with Crippen LogP contribution in [0.4, 0.5) is 10.6 Å². The van der Waals surface area contributed by atoms with Gasteiger partial charge in [-0.15, -0.1) is 0 Å². The third-order valence-corrected chi connectivity index (χ3v) is 4.46. The van der Waals surface area contributed by atoms with E-state index in [-0.39, 0.29) is 24.5 Å². The SMILES string of the molecule is CN(CC(=O)N1CCC(N2CCNC2=O)CC1)c1cnccn1. The Bertz CT molecular complexity index is 558. The molecule has 8 nitrogen and oxygen atoms in total. The lowest BCUT2D eigenvalue weighted by molar-refractivity contribution is -0.131. The normalized spacial score (nSPS) is 18.9. The Hall–Kier alpha value is -2.38. The van der Waals surface area contributed by atoms with E-state index in [9.17, 15) is 9.59 Å². The molecule has 1 N–H and O–H groups in total. The van der Waals surface area contributed by atoms with Gasteiger partial charge in [0.2, 0.25) is 5.91 Å². The Morgan fingerprint density at radius 1 is 1.35 bits per heavy atom. The molecule has 1 aromatic heterocycles. The Labute approximate surface area is 135 Å². The highest BCUT2D eigenvalue weighted by Gasteiger charge is 2.31. The van der Waals surface area contributed by atoms with Gasteiger partial charge in [-0.05, 0) is 12.8 Å². The molecule has 0 aromatic carbocycles. The quantitative estimate of drug-likeness (QED) is 0.840. The molecule has 0 atom stereocenters. The molecule has 1 aromatic rings. The Balaban J connectivity index is 1.49. The van der Waals surface area contributed by atoms with Crippen molar-refractivity contribution in [3.8, 4) is 0 Å². The van der Waals surface area contributed by atoms with Crippen molar-refractivity contribution in [3.05, 3.63) is 18.6 Å². The number of likely N-dealkylation sites (tertiary alicyclic amines) is 1. The fourth-order valence-corrected chi connectivity index (χ4v) is 3.13. The summed E-state index contributed by atoms with van der Waals surface area (Å²) >= 11 is 0. The van der Waals surface area contributed by atoms with Crippen LogP contribution < -0.4 is 10.2 Å². The number of urea groups is 1. The molecule has 2 saturated heterocycles. The van der Waals surface area contributed by atoms with Crippen LogP contribution in [-0.2, 0) is 4.79 Å². The van der Waals surface area contributed by atoms with Gasteiger partial charge in [0.15, 0.2) is 0 Å². The maximum absolute atomic E-state index is 12.4. The van der Waals surface area contributed by atoms with E-state index in [0.29, 0.717) is 18.9 Å². The molecule has 0 bridgehead atoms. The number of rotatable bonds is 4. The highest BCUT2D eigenvalue weighted by atomic mass is 16.2. The number of hydrogen-bond donors (Lipinski definition) is 1. The molecule has 0 aliphatic carbocycles.